The van der Waals surface area contributed by atoms with Crippen molar-refractivity contribution in [3.63, 3.8) is 0 Å². The fraction of sp³-hybridized carbons (Fsp3) is 0.500. The van der Waals surface area contributed by atoms with Crippen molar-refractivity contribution in [2.45, 2.75) is 37.8 Å². The predicted octanol–water partition coefficient (Wildman–Crippen LogP) is 2.53. The molecule has 10 heteroatoms. The highest BCUT2D eigenvalue weighted by molar-refractivity contribution is 6.31. The molecule has 2 aromatic rings. The fourth-order valence-electron chi connectivity index (χ4n) is 3.27. The number of amides is 1. The zero-order chi connectivity index (χ0) is 21.5. The molecular formula is C20H28ClN7O2. The molecular weight excluding hydrogens is 406 g/mol. The number of aromatic nitrogens is 4. The molecule has 9 nitrogen and oxygen atoms in total. The first-order valence-corrected chi connectivity index (χ1v) is 10.3. The molecule has 0 spiro atoms. The normalized spacial score (nSPS) is 19.2. The van der Waals surface area contributed by atoms with E-state index in [4.69, 9.17) is 16.3 Å². The number of halogens is 1. The number of carbonyl (C=O) groups excluding carboxylic acids is 1. The molecule has 2 atom stereocenters. The van der Waals surface area contributed by atoms with Crippen LogP contribution in [0.5, 0.6) is 5.88 Å². The lowest BCUT2D eigenvalue weighted by Gasteiger charge is -2.29. The van der Waals surface area contributed by atoms with E-state index in [1.54, 1.807) is 17.0 Å². The first kappa shape index (κ1) is 22.0. The summed E-state index contributed by atoms with van der Waals surface area (Å²) in [6, 6.07) is 0.0638. The average molecular weight is 434 g/mol. The number of ether oxygens (including phenoxy) is 1. The number of hydrogen-bond donors (Lipinski definition) is 2. The summed E-state index contributed by atoms with van der Waals surface area (Å²) in [5.74, 6) is 0.639. The molecule has 1 amide bonds. The van der Waals surface area contributed by atoms with Crippen molar-refractivity contribution < 1.29 is 9.53 Å². The van der Waals surface area contributed by atoms with Gasteiger partial charge in [0, 0.05) is 38.3 Å². The lowest BCUT2D eigenvalue weighted by molar-refractivity contribution is -0.117. The Bertz CT molecular complexity index is 884. The zero-order valence-electron chi connectivity index (χ0n) is 17.5. The molecule has 2 N–H and O–H groups in total. The molecule has 30 heavy (non-hydrogen) atoms. The van der Waals surface area contributed by atoms with Crippen molar-refractivity contribution in [2.75, 3.05) is 26.0 Å². The van der Waals surface area contributed by atoms with Crippen LogP contribution in [0.3, 0.4) is 0 Å². The van der Waals surface area contributed by atoms with Crippen LogP contribution in [0.1, 0.15) is 25.7 Å². The van der Waals surface area contributed by atoms with Gasteiger partial charge in [0.15, 0.2) is 0 Å². The largest absolute Gasteiger partial charge is 0.473 e. The SMILES string of the molecule is CN(C)C/C=C/C(=O)NC1CCCC(Oc2nc(Nc3cnn(C)c3)ncc2Cl)C1. The Morgan fingerprint density at radius 3 is 2.97 bits per heavy atom. The molecule has 0 saturated heterocycles. The van der Waals surface area contributed by atoms with Crippen LogP contribution in [0.2, 0.25) is 5.02 Å². The maximum Gasteiger partial charge on any atom is 0.243 e. The summed E-state index contributed by atoms with van der Waals surface area (Å²) in [6.07, 6.45) is 11.9. The number of likely N-dealkylation sites (N-methyl/N-ethyl adjacent to an activating group) is 1. The van der Waals surface area contributed by atoms with Crippen molar-refractivity contribution in [2.24, 2.45) is 7.05 Å². The number of hydrogen-bond acceptors (Lipinski definition) is 7. The Balaban J connectivity index is 1.57. The van der Waals surface area contributed by atoms with E-state index in [0.29, 0.717) is 23.3 Å². The summed E-state index contributed by atoms with van der Waals surface area (Å²) in [4.78, 5) is 22.7. The Morgan fingerprint density at radius 1 is 1.40 bits per heavy atom. The summed E-state index contributed by atoms with van der Waals surface area (Å²) in [5.41, 5.74) is 0.772. The van der Waals surface area contributed by atoms with Gasteiger partial charge in [-0.25, -0.2) is 4.98 Å². The number of nitrogens with one attached hydrogen (secondary N) is 2. The lowest BCUT2D eigenvalue weighted by Crippen LogP contribution is -2.40. The number of carbonyl (C=O) groups is 1. The highest BCUT2D eigenvalue weighted by Gasteiger charge is 2.25. The minimum absolute atomic E-state index is 0.0638. The third-order valence-electron chi connectivity index (χ3n) is 4.66. The maximum absolute atomic E-state index is 12.1. The van der Waals surface area contributed by atoms with Crippen molar-refractivity contribution in [1.82, 2.24) is 30.0 Å². The van der Waals surface area contributed by atoms with E-state index in [-0.39, 0.29) is 18.1 Å². The molecule has 0 radical (unpaired) electrons. The van der Waals surface area contributed by atoms with Crippen LogP contribution >= 0.6 is 11.6 Å². The molecule has 2 unspecified atom stereocenters. The Labute approximate surface area is 181 Å². The second-order valence-electron chi connectivity index (χ2n) is 7.65. The number of nitrogens with zero attached hydrogens (tertiary/aromatic N) is 5. The van der Waals surface area contributed by atoms with Gasteiger partial charge in [-0.1, -0.05) is 17.7 Å². The van der Waals surface area contributed by atoms with Gasteiger partial charge in [-0.15, -0.1) is 0 Å². The highest BCUT2D eigenvalue weighted by Crippen LogP contribution is 2.28. The van der Waals surface area contributed by atoms with Gasteiger partial charge in [-0.05, 0) is 33.4 Å². The van der Waals surface area contributed by atoms with E-state index in [0.717, 1.165) is 31.5 Å². The summed E-state index contributed by atoms with van der Waals surface area (Å²) in [5, 5.41) is 10.6. The van der Waals surface area contributed by atoms with Crippen LogP contribution < -0.4 is 15.4 Å². The second kappa shape index (κ2) is 10.4. The van der Waals surface area contributed by atoms with E-state index in [2.05, 4.69) is 25.7 Å². The first-order chi connectivity index (χ1) is 14.4. The van der Waals surface area contributed by atoms with E-state index in [1.807, 2.05) is 38.3 Å². The summed E-state index contributed by atoms with van der Waals surface area (Å²) in [6.45, 7) is 0.728. The van der Waals surface area contributed by atoms with Gasteiger partial charge < -0.3 is 20.3 Å². The second-order valence-corrected chi connectivity index (χ2v) is 8.06. The summed E-state index contributed by atoms with van der Waals surface area (Å²) < 4.78 is 7.76. The quantitative estimate of drug-likeness (QED) is 0.617. The van der Waals surface area contributed by atoms with Gasteiger partial charge in [-0.2, -0.15) is 10.1 Å². The molecule has 0 bridgehead atoms. The molecule has 1 fully saturated rings. The maximum atomic E-state index is 12.1. The van der Waals surface area contributed by atoms with Crippen molar-refractivity contribution >= 4 is 29.1 Å². The molecule has 1 aliphatic carbocycles. The van der Waals surface area contributed by atoms with Crippen molar-refractivity contribution in [1.29, 1.82) is 0 Å². The Morgan fingerprint density at radius 2 is 2.23 bits per heavy atom. The average Bonchev–Trinajstić information content (AvgIpc) is 3.09. The lowest BCUT2D eigenvalue weighted by atomic mass is 9.93. The third-order valence-corrected chi connectivity index (χ3v) is 4.92. The first-order valence-electron chi connectivity index (χ1n) is 9.95. The number of anilines is 2. The summed E-state index contributed by atoms with van der Waals surface area (Å²) in [7, 11) is 5.75. The predicted molar refractivity (Wildman–Crippen MR) is 116 cm³/mol. The van der Waals surface area contributed by atoms with Crippen LogP contribution in [0.15, 0.2) is 30.7 Å². The molecule has 3 rings (SSSR count). The minimum Gasteiger partial charge on any atom is -0.473 e. The van der Waals surface area contributed by atoms with Crippen LogP contribution in [-0.2, 0) is 11.8 Å². The molecule has 2 aromatic heterocycles. The Hall–Kier alpha value is -2.65. The van der Waals surface area contributed by atoms with Crippen LogP contribution in [-0.4, -0.2) is 63.3 Å². The van der Waals surface area contributed by atoms with E-state index in [9.17, 15) is 4.79 Å². The van der Waals surface area contributed by atoms with Crippen molar-refractivity contribution in [3.05, 3.63) is 35.8 Å². The number of aryl methyl sites for hydroxylation is 1. The van der Waals surface area contributed by atoms with Crippen LogP contribution in [0.4, 0.5) is 11.6 Å². The minimum atomic E-state index is -0.0782. The highest BCUT2D eigenvalue weighted by atomic mass is 35.5. The third kappa shape index (κ3) is 6.70. The van der Waals surface area contributed by atoms with Crippen LogP contribution in [0, 0.1) is 0 Å². The van der Waals surface area contributed by atoms with E-state index >= 15 is 0 Å². The summed E-state index contributed by atoms with van der Waals surface area (Å²) >= 11 is 6.25. The molecule has 0 aromatic carbocycles. The topological polar surface area (TPSA) is 97.2 Å². The van der Waals surface area contributed by atoms with Gasteiger partial charge >= 0.3 is 0 Å². The van der Waals surface area contributed by atoms with E-state index in [1.165, 1.54) is 6.20 Å². The standard InChI is InChI=1S/C20H28ClN7O2/c1-27(2)9-5-8-18(29)24-14-6-4-7-16(10-14)30-19-17(21)12-22-20(26-19)25-15-11-23-28(3)13-15/h5,8,11-14,16H,4,6-7,9-10H2,1-3H3,(H,24,29)(H,22,25,26)/b8-5+. The van der Waals surface area contributed by atoms with Gasteiger partial charge in [0.2, 0.25) is 17.7 Å². The van der Waals surface area contributed by atoms with Gasteiger partial charge in [-0.3, -0.25) is 9.48 Å². The van der Waals surface area contributed by atoms with Gasteiger partial charge in [0.25, 0.3) is 0 Å². The van der Waals surface area contributed by atoms with E-state index < -0.39 is 0 Å². The van der Waals surface area contributed by atoms with Gasteiger partial charge in [0.1, 0.15) is 11.1 Å². The zero-order valence-corrected chi connectivity index (χ0v) is 18.3. The molecule has 1 saturated carbocycles. The molecule has 2 heterocycles. The van der Waals surface area contributed by atoms with Gasteiger partial charge in [0.05, 0.1) is 18.1 Å². The van der Waals surface area contributed by atoms with Crippen molar-refractivity contribution in [3.8, 4) is 5.88 Å². The Kier molecular flexibility index (Phi) is 7.64. The monoisotopic (exact) mass is 433 g/mol. The van der Waals surface area contributed by atoms with Crippen LogP contribution in [0.25, 0.3) is 0 Å². The smallest absolute Gasteiger partial charge is 0.243 e. The molecule has 1 aliphatic rings. The molecule has 162 valence electrons. The number of rotatable bonds is 8. The fourth-order valence-corrected chi connectivity index (χ4v) is 3.41. The molecule has 0 aliphatic heterocycles.